The molecule has 4 bridgehead atoms. The van der Waals surface area contributed by atoms with Crippen molar-refractivity contribution in [2.45, 2.75) is 44.1 Å². The molecule has 4 saturated carbocycles. The molecular formula is C16H21NO3. The van der Waals surface area contributed by atoms with Gasteiger partial charge in [-0.2, -0.15) is 0 Å². The molecule has 4 heteroatoms. The van der Waals surface area contributed by atoms with E-state index in [1.165, 1.54) is 19.3 Å². The Bertz CT molecular complexity index is 501. The molecule has 4 nitrogen and oxygen atoms in total. The van der Waals surface area contributed by atoms with Crippen molar-refractivity contribution < 1.29 is 15.0 Å². The van der Waals surface area contributed by atoms with Crippen LogP contribution in [-0.4, -0.2) is 21.2 Å². The smallest absolute Gasteiger partial charge is 0.341 e. The molecule has 1 atom stereocenters. The molecule has 1 aromatic rings. The van der Waals surface area contributed by atoms with Gasteiger partial charge in [0.15, 0.2) is 5.60 Å². The van der Waals surface area contributed by atoms with Gasteiger partial charge in [0.05, 0.1) is 0 Å². The van der Waals surface area contributed by atoms with Crippen LogP contribution in [0.3, 0.4) is 0 Å². The van der Waals surface area contributed by atoms with Gasteiger partial charge in [-0.05, 0) is 62.3 Å². The third kappa shape index (κ3) is 1.43. The summed E-state index contributed by atoms with van der Waals surface area (Å²) in [6.07, 6.45) is 9.66. The lowest BCUT2D eigenvalue weighted by Crippen LogP contribution is -2.59. The molecule has 108 valence electrons. The minimum Gasteiger partial charge on any atom is -0.479 e. The third-order valence-corrected chi connectivity index (χ3v) is 6.13. The summed E-state index contributed by atoms with van der Waals surface area (Å²) in [5, 5.41) is 21.0. The second kappa shape index (κ2) is 3.88. The van der Waals surface area contributed by atoms with Crippen molar-refractivity contribution in [1.82, 2.24) is 4.98 Å². The van der Waals surface area contributed by atoms with Crippen molar-refractivity contribution in [3.8, 4) is 0 Å². The second-order valence-electron chi connectivity index (χ2n) is 7.31. The van der Waals surface area contributed by atoms with Crippen molar-refractivity contribution in [2.24, 2.45) is 23.2 Å². The lowest BCUT2D eigenvalue weighted by atomic mass is 9.44. The third-order valence-electron chi connectivity index (χ3n) is 6.13. The maximum absolute atomic E-state index is 12.0. The normalized spacial score (nSPS) is 41.5. The monoisotopic (exact) mass is 275 g/mol. The van der Waals surface area contributed by atoms with Gasteiger partial charge in [0.25, 0.3) is 0 Å². The molecule has 1 aromatic heterocycles. The summed E-state index contributed by atoms with van der Waals surface area (Å²) in [7, 11) is 0. The number of aromatic nitrogens is 1. The first kappa shape index (κ1) is 12.5. The number of H-pyrrole nitrogens is 1. The predicted octanol–water partition coefficient (Wildman–Crippen LogP) is 2.50. The van der Waals surface area contributed by atoms with Crippen LogP contribution in [-0.2, 0) is 10.4 Å². The van der Waals surface area contributed by atoms with Gasteiger partial charge < -0.3 is 15.2 Å². The van der Waals surface area contributed by atoms with E-state index in [9.17, 15) is 15.0 Å². The van der Waals surface area contributed by atoms with Crippen LogP contribution in [0, 0.1) is 23.2 Å². The Balaban J connectivity index is 1.83. The average molecular weight is 275 g/mol. The van der Waals surface area contributed by atoms with E-state index in [2.05, 4.69) is 4.98 Å². The van der Waals surface area contributed by atoms with Gasteiger partial charge in [-0.1, -0.05) is 0 Å². The van der Waals surface area contributed by atoms with Crippen LogP contribution in [0.1, 0.15) is 44.1 Å². The molecule has 1 unspecified atom stereocenters. The summed E-state index contributed by atoms with van der Waals surface area (Å²) >= 11 is 0. The SMILES string of the molecule is O=C(O)C(O)(c1cc[nH]c1)C12CC3CC(CC(C3)C1)C2. The van der Waals surface area contributed by atoms with Gasteiger partial charge >= 0.3 is 5.97 Å². The fourth-order valence-corrected chi connectivity index (χ4v) is 5.76. The molecule has 4 aliphatic rings. The number of hydrogen-bond acceptors (Lipinski definition) is 2. The molecule has 0 spiro atoms. The van der Waals surface area contributed by atoms with Gasteiger partial charge in [-0.25, -0.2) is 4.79 Å². The lowest BCUT2D eigenvalue weighted by molar-refractivity contribution is -0.208. The Morgan fingerprint density at radius 3 is 2.15 bits per heavy atom. The van der Waals surface area contributed by atoms with Gasteiger partial charge in [0, 0.05) is 23.4 Å². The first-order valence-corrected chi connectivity index (χ1v) is 7.62. The molecule has 20 heavy (non-hydrogen) atoms. The quantitative estimate of drug-likeness (QED) is 0.793. The summed E-state index contributed by atoms with van der Waals surface area (Å²) in [6.45, 7) is 0. The number of aliphatic hydroxyl groups is 1. The number of carboxylic acids is 1. The van der Waals surface area contributed by atoms with Crippen LogP contribution >= 0.6 is 0 Å². The molecule has 5 rings (SSSR count). The molecule has 0 radical (unpaired) electrons. The molecule has 4 aliphatic carbocycles. The minimum absolute atomic E-state index is 0.463. The fourth-order valence-electron chi connectivity index (χ4n) is 5.76. The van der Waals surface area contributed by atoms with Crippen LogP contribution in [0.4, 0.5) is 0 Å². The number of aliphatic carboxylic acids is 1. The predicted molar refractivity (Wildman–Crippen MR) is 72.9 cm³/mol. The van der Waals surface area contributed by atoms with E-state index in [-0.39, 0.29) is 0 Å². The number of nitrogens with one attached hydrogen (secondary N) is 1. The average Bonchev–Trinajstić information content (AvgIpc) is 2.89. The zero-order chi connectivity index (χ0) is 14.0. The first-order chi connectivity index (χ1) is 9.53. The maximum atomic E-state index is 12.0. The molecular weight excluding hydrogens is 254 g/mol. The highest BCUT2D eigenvalue weighted by molar-refractivity contribution is 5.80. The van der Waals surface area contributed by atoms with Crippen molar-refractivity contribution in [3.63, 3.8) is 0 Å². The summed E-state index contributed by atoms with van der Waals surface area (Å²) in [4.78, 5) is 14.9. The molecule has 1 heterocycles. The van der Waals surface area contributed by atoms with Gasteiger partial charge in [-0.3, -0.25) is 0 Å². The Morgan fingerprint density at radius 2 is 1.75 bits per heavy atom. The van der Waals surface area contributed by atoms with Crippen molar-refractivity contribution >= 4 is 5.97 Å². The fraction of sp³-hybridized carbons (Fsp3) is 0.688. The summed E-state index contributed by atoms with van der Waals surface area (Å²) in [5.41, 5.74) is -1.68. The van der Waals surface area contributed by atoms with Gasteiger partial charge in [-0.15, -0.1) is 0 Å². The molecule has 4 fully saturated rings. The van der Waals surface area contributed by atoms with Crippen LogP contribution < -0.4 is 0 Å². The van der Waals surface area contributed by atoms with Crippen LogP contribution in [0.25, 0.3) is 0 Å². The van der Waals surface area contributed by atoms with E-state index in [0.29, 0.717) is 23.3 Å². The van der Waals surface area contributed by atoms with Crippen molar-refractivity contribution in [1.29, 1.82) is 0 Å². The number of carboxylic acid groups (broad SMARTS) is 1. The highest BCUT2D eigenvalue weighted by atomic mass is 16.4. The Kier molecular flexibility index (Phi) is 2.41. The summed E-state index contributed by atoms with van der Waals surface area (Å²) in [5.74, 6) is 0.766. The van der Waals surface area contributed by atoms with Crippen molar-refractivity contribution in [2.75, 3.05) is 0 Å². The lowest BCUT2D eigenvalue weighted by Gasteiger charge is -2.60. The Labute approximate surface area is 118 Å². The highest BCUT2D eigenvalue weighted by Gasteiger charge is 2.64. The van der Waals surface area contributed by atoms with Crippen LogP contribution in [0.15, 0.2) is 18.5 Å². The van der Waals surface area contributed by atoms with Gasteiger partial charge in [0.1, 0.15) is 0 Å². The zero-order valence-corrected chi connectivity index (χ0v) is 11.5. The number of carbonyl (C=O) groups is 1. The van der Waals surface area contributed by atoms with E-state index in [1.807, 2.05) is 0 Å². The molecule has 0 aliphatic heterocycles. The van der Waals surface area contributed by atoms with E-state index in [1.54, 1.807) is 18.5 Å². The molecule has 0 aromatic carbocycles. The van der Waals surface area contributed by atoms with Crippen LogP contribution in [0.5, 0.6) is 0 Å². The highest BCUT2D eigenvalue weighted by Crippen LogP contribution is 2.65. The summed E-state index contributed by atoms with van der Waals surface area (Å²) < 4.78 is 0. The van der Waals surface area contributed by atoms with E-state index < -0.39 is 17.0 Å². The maximum Gasteiger partial charge on any atom is 0.341 e. The number of hydrogen-bond donors (Lipinski definition) is 3. The zero-order valence-electron chi connectivity index (χ0n) is 11.5. The summed E-state index contributed by atoms with van der Waals surface area (Å²) in [6, 6.07) is 1.71. The van der Waals surface area contributed by atoms with E-state index in [4.69, 9.17) is 0 Å². The van der Waals surface area contributed by atoms with Crippen molar-refractivity contribution in [3.05, 3.63) is 24.0 Å². The van der Waals surface area contributed by atoms with E-state index >= 15 is 0 Å². The van der Waals surface area contributed by atoms with Gasteiger partial charge in [0.2, 0.25) is 0 Å². The van der Waals surface area contributed by atoms with Crippen LogP contribution in [0.2, 0.25) is 0 Å². The first-order valence-electron chi connectivity index (χ1n) is 7.62. The Morgan fingerprint density at radius 1 is 1.20 bits per heavy atom. The molecule has 0 saturated heterocycles. The standard InChI is InChI=1S/C16H21NO3/c18-14(19)16(20,13-1-2-17-9-13)15-6-10-3-11(7-15)5-12(4-10)8-15/h1-2,9-12,17,20H,3-8H2,(H,18,19). The molecule has 3 N–H and O–H groups in total. The topological polar surface area (TPSA) is 73.3 Å². The van der Waals surface area contributed by atoms with E-state index in [0.717, 1.165) is 19.3 Å². The Hall–Kier alpha value is -1.29. The minimum atomic E-state index is -1.73. The number of rotatable bonds is 3. The molecule has 0 amide bonds. The number of aromatic amines is 1. The largest absolute Gasteiger partial charge is 0.479 e. The second-order valence-corrected chi connectivity index (χ2v) is 7.31.